The van der Waals surface area contributed by atoms with Crippen molar-refractivity contribution in [2.75, 3.05) is 65.6 Å². The van der Waals surface area contributed by atoms with Gasteiger partial charge in [-0.25, -0.2) is 0 Å². The van der Waals surface area contributed by atoms with Crippen molar-refractivity contribution >= 4 is 5.91 Å². The quantitative estimate of drug-likeness (QED) is 0.792. The van der Waals surface area contributed by atoms with Gasteiger partial charge in [0.1, 0.15) is 0 Å². The number of carbonyl (C=O) groups excluding carboxylic acids is 1. The van der Waals surface area contributed by atoms with Gasteiger partial charge in [0.25, 0.3) is 0 Å². The smallest absolute Gasteiger partial charge is 0.223 e. The Labute approximate surface area is 152 Å². The first kappa shape index (κ1) is 19.1. The van der Waals surface area contributed by atoms with E-state index in [1.165, 1.54) is 0 Å². The van der Waals surface area contributed by atoms with E-state index in [4.69, 9.17) is 4.74 Å². The largest absolute Gasteiger partial charge is 0.393 e. The number of carbonyl (C=O) groups is 1. The standard InChI is InChI=1S/C19H35N3O3/c23-18-5-2-1-4-17(18)16-19(24)22-11-9-21(10-12-22)8-7-20-6-3-14-25-15-13-20/h17-18,23H,1-16H2/t17-,18+/m0/s1. The molecule has 1 saturated carbocycles. The number of aliphatic hydroxyl groups excluding tert-OH is 1. The molecule has 2 saturated heterocycles. The van der Waals surface area contributed by atoms with E-state index < -0.39 is 0 Å². The van der Waals surface area contributed by atoms with Gasteiger partial charge < -0.3 is 14.7 Å². The number of amides is 1. The Morgan fingerprint density at radius 1 is 0.880 bits per heavy atom. The molecular formula is C19H35N3O3. The molecule has 1 aliphatic carbocycles. The summed E-state index contributed by atoms with van der Waals surface area (Å²) in [6.45, 7) is 9.75. The molecule has 25 heavy (non-hydrogen) atoms. The number of hydrogen-bond acceptors (Lipinski definition) is 5. The number of rotatable bonds is 5. The molecule has 6 heteroatoms. The minimum atomic E-state index is -0.267. The molecule has 0 unspecified atom stereocenters. The lowest BCUT2D eigenvalue weighted by atomic mass is 9.84. The third-order valence-electron chi connectivity index (χ3n) is 6.08. The summed E-state index contributed by atoms with van der Waals surface area (Å²) < 4.78 is 5.51. The fourth-order valence-electron chi connectivity index (χ4n) is 4.30. The Morgan fingerprint density at radius 3 is 2.36 bits per heavy atom. The zero-order valence-corrected chi connectivity index (χ0v) is 15.6. The molecule has 2 aliphatic heterocycles. The zero-order valence-electron chi connectivity index (χ0n) is 15.6. The second kappa shape index (κ2) is 9.86. The maximum absolute atomic E-state index is 12.5. The third-order valence-corrected chi connectivity index (χ3v) is 6.08. The summed E-state index contributed by atoms with van der Waals surface area (Å²) in [5, 5.41) is 10.1. The number of nitrogens with zero attached hydrogens (tertiary/aromatic N) is 3. The fraction of sp³-hybridized carbons (Fsp3) is 0.947. The number of piperazine rings is 1. The molecule has 0 radical (unpaired) electrons. The highest BCUT2D eigenvalue weighted by atomic mass is 16.5. The predicted octanol–water partition coefficient (Wildman–Crippen LogP) is 0.794. The SMILES string of the molecule is O=C(C[C@@H]1CCCC[C@H]1O)N1CCN(CCN2CCCOCC2)CC1. The van der Waals surface area contributed by atoms with E-state index in [-0.39, 0.29) is 17.9 Å². The molecule has 144 valence electrons. The molecule has 0 aromatic heterocycles. The molecule has 0 spiro atoms. The predicted molar refractivity (Wildman–Crippen MR) is 97.5 cm³/mol. The van der Waals surface area contributed by atoms with E-state index in [1.807, 2.05) is 4.90 Å². The lowest BCUT2D eigenvalue weighted by Crippen LogP contribution is -2.51. The van der Waals surface area contributed by atoms with E-state index in [0.29, 0.717) is 6.42 Å². The molecule has 0 aromatic carbocycles. The fourth-order valence-corrected chi connectivity index (χ4v) is 4.30. The van der Waals surface area contributed by atoms with Gasteiger partial charge >= 0.3 is 0 Å². The molecule has 2 heterocycles. The van der Waals surface area contributed by atoms with Crippen LogP contribution in [-0.4, -0.2) is 97.4 Å². The minimum absolute atomic E-state index is 0.185. The van der Waals surface area contributed by atoms with Gasteiger partial charge in [0.15, 0.2) is 0 Å². The van der Waals surface area contributed by atoms with Gasteiger partial charge in [0.2, 0.25) is 5.91 Å². The third kappa shape index (κ3) is 5.91. The van der Waals surface area contributed by atoms with Crippen LogP contribution in [0.3, 0.4) is 0 Å². The van der Waals surface area contributed by atoms with Crippen molar-refractivity contribution in [1.82, 2.24) is 14.7 Å². The second-order valence-electron chi connectivity index (χ2n) is 7.85. The molecular weight excluding hydrogens is 318 g/mol. The number of hydrogen-bond donors (Lipinski definition) is 1. The van der Waals surface area contributed by atoms with E-state index >= 15 is 0 Å². The van der Waals surface area contributed by atoms with Gasteiger partial charge in [-0.3, -0.25) is 14.6 Å². The zero-order chi connectivity index (χ0) is 17.5. The number of aliphatic hydroxyl groups is 1. The Balaban J connectivity index is 1.34. The molecule has 3 rings (SSSR count). The lowest BCUT2D eigenvalue weighted by Gasteiger charge is -2.37. The first-order valence-corrected chi connectivity index (χ1v) is 10.2. The van der Waals surface area contributed by atoms with E-state index in [9.17, 15) is 9.90 Å². The summed E-state index contributed by atoms with van der Waals surface area (Å²) in [5.41, 5.74) is 0. The summed E-state index contributed by atoms with van der Waals surface area (Å²) in [7, 11) is 0. The van der Waals surface area contributed by atoms with Crippen LogP contribution in [0.5, 0.6) is 0 Å². The van der Waals surface area contributed by atoms with Crippen molar-refractivity contribution in [3.63, 3.8) is 0 Å². The maximum atomic E-state index is 12.5. The maximum Gasteiger partial charge on any atom is 0.223 e. The minimum Gasteiger partial charge on any atom is -0.393 e. The normalized spacial score (nSPS) is 30.2. The van der Waals surface area contributed by atoms with Crippen molar-refractivity contribution in [3.05, 3.63) is 0 Å². The molecule has 3 fully saturated rings. The van der Waals surface area contributed by atoms with Crippen LogP contribution in [0.1, 0.15) is 38.5 Å². The molecule has 0 aromatic rings. The molecule has 1 N–H and O–H groups in total. The van der Waals surface area contributed by atoms with Crippen molar-refractivity contribution in [1.29, 1.82) is 0 Å². The van der Waals surface area contributed by atoms with Crippen LogP contribution in [-0.2, 0) is 9.53 Å². The summed E-state index contributed by atoms with van der Waals surface area (Å²) >= 11 is 0. The molecule has 3 aliphatic rings. The molecule has 6 nitrogen and oxygen atoms in total. The van der Waals surface area contributed by atoms with Gasteiger partial charge in [-0.05, 0) is 25.2 Å². The first-order chi connectivity index (χ1) is 12.2. The first-order valence-electron chi connectivity index (χ1n) is 10.2. The summed E-state index contributed by atoms with van der Waals surface area (Å²) in [5.74, 6) is 0.430. The lowest BCUT2D eigenvalue weighted by molar-refractivity contribution is -0.135. The highest BCUT2D eigenvalue weighted by Gasteiger charge is 2.28. The van der Waals surface area contributed by atoms with Crippen LogP contribution in [0.15, 0.2) is 0 Å². The van der Waals surface area contributed by atoms with Crippen molar-refractivity contribution in [2.45, 2.75) is 44.6 Å². The van der Waals surface area contributed by atoms with Crippen molar-refractivity contribution < 1.29 is 14.6 Å². The average Bonchev–Trinajstić information content (AvgIpc) is 2.91. The van der Waals surface area contributed by atoms with Gasteiger partial charge in [-0.2, -0.15) is 0 Å². The second-order valence-corrected chi connectivity index (χ2v) is 7.85. The van der Waals surface area contributed by atoms with Crippen LogP contribution in [0.25, 0.3) is 0 Å². The highest BCUT2D eigenvalue weighted by Crippen LogP contribution is 2.27. The molecule has 2 atom stereocenters. The van der Waals surface area contributed by atoms with Crippen LogP contribution >= 0.6 is 0 Å². The summed E-state index contributed by atoms with van der Waals surface area (Å²) in [6.07, 6.45) is 5.54. The molecule has 1 amide bonds. The van der Waals surface area contributed by atoms with Crippen LogP contribution in [0, 0.1) is 5.92 Å². The Kier molecular flexibility index (Phi) is 7.52. The van der Waals surface area contributed by atoms with Crippen molar-refractivity contribution in [2.24, 2.45) is 5.92 Å². The summed E-state index contributed by atoms with van der Waals surface area (Å²) in [4.78, 5) is 19.5. The van der Waals surface area contributed by atoms with Gasteiger partial charge in [-0.15, -0.1) is 0 Å². The highest BCUT2D eigenvalue weighted by molar-refractivity contribution is 5.76. The van der Waals surface area contributed by atoms with E-state index in [2.05, 4.69) is 9.80 Å². The van der Waals surface area contributed by atoms with E-state index in [1.54, 1.807) is 0 Å². The van der Waals surface area contributed by atoms with Crippen LogP contribution < -0.4 is 0 Å². The molecule has 0 bridgehead atoms. The van der Waals surface area contributed by atoms with Gasteiger partial charge in [0, 0.05) is 65.4 Å². The Morgan fingerprint density at radius 2 is 1.60 bits per heavy atom. The Hall–Kier alpha value is -0.690. The van der Waals surface area contributed by atoms with Crippen molar-refractivity contribution in [3.8, 4) is 0 Å². The monoisotopic (exact) mass is 353 g/mol. The van der Waals surface area contributed by atoms with Crippen LogP contribution in [0.4, 0.5) is 0 Å². The van der Waals surface area contributed by atoms with E-state index in [0.717, 1.165) is 97.7 Å². The number of ether oxygens (including phenoxy) is 1. The van der Waals surface area contributed by atoms with Gasteiger partial charge in [-0.1, -0.05) is 12.8 Å². The topological polar surface area (TPSA) is 56.2 Å². The average molecular weight is 354 g/mol. The van der Waals surface area contributed by atoms with Gasteiger partial charge in [0.05, 0.1) is 12.7 Å². The van der Waals surface area contributed by atoms with Crippen LogP contribution in [0.2, 0.25) is 0 Å². The Bertz CT molecular complexity index is 405. The summed E-state index contributed by atoms with van der Waals surface area (Å²) in [6, 6.07) is 0.